The van der Waals surface area contributed by atoms with Gasteiger partial charge in [0.25, 0.3) is 0 Å². The fraction of sp³-hybridized carbons (Fsp3) is 0.167. The van der Waals surface area contributed by atoms with Crippen molar-refractivity contribution < 1.29 is 4.39 Å². The van der Waals surface area contributed by atoms with Crippen molar-refractivity contribution in [1.29, 1.82) is 0 Å². The molecule has 84 valence electrons. The third-order valence-electron chi connectivity index (χ3n) is 2.20. The van der Waals surface area contributed by atoms with Crippen LogP contribution in [0.15, 0.2) is 40.2 Å². The van der Waals surface area contributed by atoms with Gasteiger partial charge in [-0.2, -0.15) is 0 Å². The van der Waals surface area contributed by atoms with Gasteiger partial charge in [0.2, 0.25) is 0 Å². The number of rotatable bonds is 4. The van der Waals surface area contributed by atoms with E-state index in [0.717, 1.165) is 18.7 Å². The van der Waals surface area contributed by atoms with Gasteiger partial charge in [-0.3, -0.25) is 0 Å². The van der Waals surface area contributed by atoms with Gasteiger partial charge in [-0.25, -0.2) is 4.39 Å². The van der Waals surface area contributed by atoms with Crippen molar-refractivity contribution in [2.45, 2.75) is 6.42 Å². The lowest BCUT2D eigenvalue weighted by atomic mass is 10.3. The molecule has 1 nitrogen and oxygen atoms in total. The Labute approximate surface area is 106 Å². The fourth-order valence-electron chi connectivity index (χ4n) is 1.39. The zero-order valence-corrected chi connectivity index (χ0v) is 10.9. The molecule has 0 bridgehead atoms. The predicted molar refractivity (Wildman–Crippen MR) is 70.6 cm³/mol. The Morgan fingerprint density at radius 1 is 1.31 bits per heavy atom. The number of nitrogens with one attached hydrogen (secondary N) is 1. The smallest absolute Gasteiger partial charge is 0.137 e. The molecule has 2 aromatic rings. The summed E-state index contributed by atoms with van der Waals surface area (Å²) in [4.78, 5) is 1.36. The molecule has 4 heteroatoms. The average molecular weight is 300 g/mol. The number of halogens is 2. The minimum Gasteiger partial charge on any atom is -0.385 e. The van der Waals surface area contributed by atoms with Gasteiger partial charge in [0.15, 0.2) is 0 Å². The molecule has 0 aliphatic carbocycles. The first-order chi connectivity index (χ1) is 7.75. The van der Waals surface area contributed by atoms with Crippen LogP contribution in [-0.2, 0) is 6.42 Å². The van der Waals surface area contributed by atoms with E-state index < -0.39 is 0 Å². The van der Waals surface area contributed by atoms with E-state index in [1.165, 1.54) is 10.9 Å². The van der Waals surface area contributed by atoms with Crippen LogP contribution in [0.5, 0.6) is 0 Å². The van der Waals surface area contributed by atoms with Crippen molar-refractivity contribution in [3.63, 3.8) is 0 Å². The minimum absolute atomic E-state index is 0.233. The summed E-state index contributed by atoms with van der Waals surface area (Å²) in [5.41, 5.74) is 0.935. The maximum atomic E-state index is 13.0. The fourth-order valence-corrected chi connectivity index (χ4v) is 2.48. The average Bonchev–Trinajstić information content (AvgIpc) is 2.76. The third-order valence-corrected chi connectivity index (χ3v) is 3.74. The van der Waals surface area contributed by atoms with E-state index in [0.29, 0.717) is 4.47 Å². The zero-order chi connectivity index (χ0) is 11.4. The largest absolute Gasteiger partial charge is 0.385 e. The van der Waals surface area contributed by atoms with Crippen LogP contribution in [0.1, 0.15) is 4.88 Å². The molecule has 0 spiro atoms. The molecule has 1 aromatic carbocycles. The van der Waals surface area contributed by atoms with Crippen molar-refractivity contribution in [3.8, 4) is 0 Å². The number of anilines is 1. The molecule has 1 heterocycles. The standard InChI is InChI=1S/C12H11BrFNS/c13-11-8-9(3-4-12(11)14)15-6-5-10-2-1-7-16-10/h1-4,7-8,15H,5-6H2. The second kappa shape index (κ2) is 5.46. The predicted octanol–water partition coefficient (Wildman–Crippen LogP) is 4.30. The molecular weight excluding hydrogens is 289 g/mol. The first kappa shape index (κ1) is 11.6. The summed E-state index contributed by atoms with van der Waals surface area (Å²) in [6.07, 6.45) is 0.993. The van der Waals surface area contributed by atoms with Gasteiger partial charge < -0.3 is 5.32 Å². The Morgan fingerprint density at radius 3 is 2.88 bits per heavy atom. The molecule has 1 N–H and O–H groups in total. The lowest BCUT2D eigenvalue weighted by Gasteiger charge is -2.06. The summed E-state index contributed by atoms with van der Waals surface area (Å²) in [6.45, 7) is 0.860. The second-order valence-electron chi connectivity index (χ2n) is 3.39. The van der Waals surface area contributed by atoms with Crippen molar-refractivity contribution >= 4 is 33.0 Å². The summed E-state index contributed by atoms with van der Waals surface area (Å²) in [5, 5.41) is 5.33. The van der Waals surface area contributed by atoms with Crippen LogP contribution in [0.4, 0.5) is 10.1 Å². The van der Waals surface area contributed by atoms with Crippen LogP contribution in [-0.4, -0.2) is 6.54 Å². The molecule has 0 saturated heterocycles. The Morgan fingerprint density at radius 2 is 2.19 bits per heavy atom. The molecule has 16 heavy (non-hydrogen) atoms. The van der Waals surface area contributed by atoms with Crippen molar-refractivity contribution in [2.75, 3.05) is 11.9 Å². The van der Waals surface area contributed by atoms with Crippen molar-refractivity contribution in [3.05, 3.63) is 50.9 Å². The topological polar surface area (TPSA) is 12.0 Å². The lowest BCUT2D eigenvalue weighted by Crippen LogP contribution is -2.03. The molecule has 0 fully saturated rings. The Bertz CT molecular complexity index is 456. The SMILES string of the molecule is Fc1ccc(NCCc2cccs2)cc1Br. The number of hydrogen-bond acceptors (Lipinski definition) is 2. The van der Waals surface area contributed by atoms with E-state index in [1.807, 2.05) is 0 Å². The quantitative estimate of drug-likeness (QED) is 0.887. The van der Waals surface area contributed by atoms with Gasteiger partial charge in [-0.05, 0) is 52.0 Å². The molecule has 0 unspecified atom stereocenters. The Balaban J connectivity index is 1.87. The van der Waals surface area contributed by atoms with E-state index in [4.69, 9.17) is 0 Å². The summed E-state index contributed by atoms with van der Waals surface area (Å²) >= 11 is 4.92. The maximum absolute atomic E-state index is 13.0. The summed E-state index contributed by atoms with van der Waals surface area (Å²) in [5.74, 6) is -0.233. The Kier molecular flexibility index (Phi) is 3.96. The second-order valence-corrected chi connectivity index (χ2v) is 5.27. The zero-order valence-electron chi connectivity index (χ0n) is 8.54. The molecule has 0 aliphatic rings. The highest BCUT2D eigenvalue weighted by Crippen LogP contribution is 2.20. The molecule has 0 amide bonds. The summed E-state index contributed by atoms with van der Waals surface area (Å²) in [6, 6.07) is 9.12. The molecule has 2 rings (SSSR count). The first-order valence-electron chi connectivity index (χ1n) is 4.97. The van der Waals surface area contributed by atoms with Crippen LogP contribution in [0.2, 0.25) is 0 Å². The number of thiophene rings is 1. The van der Waals surface area contributed by atoms with Crippen LogP contribution < -0.4 is 5.32 Å². The van der Waals surface area contributed by atoms with Crippen LogP contribution in [0.3, 0.4) is 0 Å². The summed E-state index contributed by atoms with van der Waals surface area (Å²) < 4.78 is 13.5. The van der Waals surface area contributed by atoms with Gasteiger partial charge in [-0.1, -0.05) is 6.07 Å². The molecule has 0 aliphatic heterocycles. The van der Waals surface area contributed by atoms with Gasteiger partial charge in [0, 0.05) is 17.1 Å². The van der Waals surface area contributed by atoms with E-state index in [1.54, 1.807) is 23.5 Å². The van der Waals surface area contributed by atoms with Crippen LogP contribution in [0.25, 0.3) is 0 Å². The number of benzene rings is 1. The van der Waals surface area contributed by atoms with Gasteiger partial charge >= 0.3 is 0 Å². The summed E-state index contributed by atoms with van der Waals surface area (Å²) in [7, 11) is 0. The van der Waals surface area contributed by atoms with Gasteiger partial charge in [0.1, 0.15) is 5.82 Å². The van der Waals surface area contributed by atoms with Crippen molar-refractivity contribution in [2.24, 2.45) is 0 Å². The lowest BCUT2D eigenvalue weighted by molar-refractivity contribution is 0.621. The van der Waals surface area contributed by atoms with E-state index in [9.17, 15) is 4.39 Å². The minimum atomic E-state index is -0.233. The van der Waals surface area contributed by atoms with Crippen LogP contribution in [0, 0.1) is 5.82 Å². The van der Waals surface area contributed by atoms with Gasteiger partial charge in [0.05, 0.1) is 4.47 Å². The molecule has 0 radical (unpaired) electrons. The van der Waals surface area contributed by atoms with E-state index in [-0.39, 0.29) is 5.82 Å². The number of hydrogen-bond donors (Lipinski definition) is 1. The third kappa shape index (κ3) is 3.06. The Hall–Kier alpha value is -0.870. The first-order valence-corrected chi connectivity index (χ1v) is 6.64. The highest BCUT2D eigenvalue weighted by atomic mass is 79.9. The monoisotopic (exact) mass is 299 g/mol. The molecular formula is C12H11BrFNS. The molecule has 0 atom stereocenters. The molecule has 1 aromatic heterocycles. The van der Waals surface area contributed by atoms with Gasteiger partial charge in [-0.15, -0.1) is 11.3 Å². The van der Waals surface area contributed by atoms with E-state index >= 15 is 0 Å². The van der Waals surface area contributed by atoms with E-state index in [2.05, 4.69) is 38.8 Å². The highest BCUT2D eigenvalue weighted by Gasteiger charge is 2.00. The molecule has 0 saturated carbocycles. The van der Waals surface area contributed by atoms with Crippen molar-refractivity contribution in [1.82, 2.24) is 0 Å². The highest BCUT2D eigenvalue weighted by molar-refractivity contribution is 9.10. The van der Waals surface area contributed by atoms with Crippen LogP contribution >= 0.6 is 27.3 Å². The maximum Gasteiger partial charge on any atom is 0.137 e. The normalized spacial score (nSPS) is 10.4.